The molecular formula is C21H19N5OS2. The number of aromatic amines is 1. The van der Waals surface area contributed by atoms with E-state index >= 15 is 0 Å². The van der Waals surface area contributed by atoms with Crippen molar-refractivity contribution in [2.45, 2.75) is 19.9 Å². The quantitative estimate of drug-likeness (QED) is 0.426. The Bertz CT molecular complexity index is 1160. The zero-order chi connectivity index (χ0) is 20.2. The molecular weight excluding hydrogens is 402 g/mol. The smallest absolute Gasteiger partial charge is 0.226 e. The Morgan fingerprint density at radius 1 is 1.14 bits per heavy atom. The van der Waals surface area contributed by atoms with Crippen LogP contribution in [0, 0.1) is 11.7 Å². The largest absolute Gasteiger partial charge is 0.326 e. The van der Waals surface area contributed by atoms with Crippen LogP contribution in [0.1, 0.15) is 12.0 Å². The van der Waals surface area contributed by atoms with Crippen molar-refractivity contribution in [3.63, 3.8) is 0 Å². The van der Waals surface area contributed by atoms with E-state index in [1.165, 1.54) is 5.56 Å². The van der Waals surface area contributed by atoms with Crippen molar-refractivity contribution in [3.8, 4) is 22.0 Å². The van der Waals surface area contributed by atoms with Crippen LogP contribution in [0.15, 0.2) is 60.1 Å². The predicted octanol–water partition coefficient (Wildman–Crippen LogP) is 5.07. The lowest BCUT2D eigenvalue weighted by Gasteiger charge is -2.09. The van der Waals surface area contributed by atoms with Gasteiger partial charge in [0.05, 0.1) is 0 Å². The summed E-state index contributed by atoms with van der Waals surface area (Å²) in [5, 5.41) is 13.0. The van der Waals surface area contributed by atoms with Crippen molar-refractivity contribution in [2.75, 3.05) is 5.32 Å². The standard InChI is InChI=1S/C21H19N5OS2/c1-14-2-4-15(5-3-14)19-24-25-21(28)26(19)12-10-18(27)23-17-8-6-16(7-9-17)20-22-11-13-29-20/h2-9,11,13H,10,12H2,1H3,(H,23,27)(H,25,28). The normalized spacial score (nSPS) is 10.8. The zero-order valence-electron chi connectivity index (χ0n) is 15.8. The number of nitrogens with one attached hydrogen (secondary N) is 2. The summed E-state index contributed by atoms with van der Waals surface area (Å²) >= 11 is 6.93. The highest BCUT2D eigenvalue weighted by molar-refractivity contribution is 7.71. The summed E-state index contributed by atoms with van der Waals surface area (Å²) in [6, 6.07) is 15.7. The van der Waals surface area contributed by atoms with E-state index in [1.54, 1.807) is 17.5 Å². The fourth-order valence-electron chi connectivity index (χ4n) is 2.95. The molecule has 6 nitrogen and oxygen atoms in total. The van der Waals surface area contributed by atoms with Crippen molar-refractivity contribution in [1.29, 1.82) is 0 Å². The van der Waals surface area contributed by atoms with Gasteiger partial charge < -0.3 is 5.32 Å². The average Bonchev–Trinajstić information content (AvgIpc) is 3.38. The van der Waals surface area contributed by atoms with E-state index in [2.05, 4.69) is 20.5 Å². The first-order chi connectivity index (χ1) is 14.1. The van der Waals surface area contributed by atoms with Crippen LogP contribution in [0.5, 0.6) is 0 Å². The Morgan fingerprint density at radius 2 is 1.86 bits per heavy atom. The third-order valence-electron chi connectivity index (χ3n) is 4.48. The maximum absolute atomic E-state index is 12.4. The van der Waals surface area contributed by atoms with Gasteiger partial charge in [-0.3, -0.25) is 14.5 Å². The Labute approximate surface area is 177 Å². The molecule has 4 aromatic rings. The molecule has 2 heterocycles. The van der Waals surface area contributed by atoms with Gasteiger partial charge in [0.15, 0.2) is 10.6 Å². The minimum Gasteiger partial charge on any atom is -0.326 e. The van der Waals surface area contributed by atoms with Gasteiger partial charge in [0.25, 0.3) is 0 Å². The van der Waals surface area contributed by atoms with Crippen LogP contribution in [0.3, 0.4) is 0 Å². The minimum atomic E-state index is -0.0787. The van der Waals surface area contributed by atoms with Crippen molar-refractivity contribution < 1.29 is 4.79 Å². The second-order valence-electron chi connectivity index (χ2n) is 6.58. The number of aryl methyl sites for hydroxylation is 1. The molecule has 8 heteroatoms. The first kappa shape index (κ1) is 19.2. The Balaban J connectivity index is 1.41. The zero-order valence-corrected chi connectivity index (χ0v) is 17.4. The van der Waals surface area contributed by atoms with Crippen LogP contribution in [0.25, 0.3) is 22.0 Å². The molecule has 0 aliphatic rings. The highest BCUT2D eigenvalue weighted by Gasteiger charge is 2.11. The van der Waals surface area contributed by atoms with Crippen LogP contribution in [0.4, 0.5) is 5.69 Å². The molecule has 4 rings (SSSR count). The average molecular weight is 422 g/mol. The fraction of sp³-hybridized carbons (Fsp3) is 0.143. The molecule has 0 saturated carbocycles. The molecule has 0 atom stereocenters. The number of amides is 1. The number of anilines is 1. The van der Waals surface area contributed by atoms with E-state index < -0.39 is 0 Å². The molecule has 2 aromatic carbocycles. The summed E-state index contributed by atoms with van der Waals surface area (Å²) in [5.41, 5.74) is 3.92. The molecule has 2 aromatic heterocycles. The number of H-pyrrole nitrogens is 1. The van der Waals surface area contributed by atoms with Crippen molar-refractivity contribution in [2.24, 2.45) is 0 Å². The summed E-state index contributed by atoms with van der Waals surface area (Å²) in [6.45, 7) is 2.48. The van der Waals surface area contributed by atoms with E-state index in [0.717, 1.165) is 27.6 Å². The van der Waals surface area contributed by atoms with E-state index in [1.807, 2.05) is 65.4 Å². The third-order valence-corrected chi connectivity index (χ3v) is 5.61. The van der Waals surface area contributed by atoms with Crippen LogP contribution >= 0.6 is 23.6 Å². The van der Waals surface area contributed by atoms with Gasteiger partial charge in [-0.1, -0.05) is 29.8 Å². The second-order valence-corrected chi connectivity index (χ2v) is 7.86. The first-order valence-electron chi connectivity index (χ1n) is 9.12. The number of rotatable bonds is 6. The number of thiazole rings is 1. The van der Waals surface area contributed by atoms with Crippen LogP contribution in [0.2, 0.25) is 0 Å². The minimum absolute atomic E-state index is 0.0787. The van der Waals surface area contributed by atoms with Gasteiger partial charge >= 0.3 is 0 Å². The van der Waals surface area contributed by atoms with Gasteiger partial charge in [0.1, 0.15) is 5.01 Å². The molecule has 0 aliphatic heterocycles. The molecule has 0 aliphatic carbocycles. The molecule has 0 spiro atoms. The molecule has 0 bridgehead atoms. The Hall–Kier alpha value is -3.10. The number of benzene rings is 2. The van der Waals surface area contributed by atoms with E-state index in [9.17, 15) is 4.79 Å². The van der Waals surface area contributed by atoms with Crippen molar-refractivity contribution in [1.82, 2.24) is 19.7 Å². The highest BCUT2D eigenvalue weighted by atomic mass is 32.1. The van der Waals surface area contributed by atoms with Crippen LogP contribution in [-0.4, -0.2) is 25.7 Å². The molecule has 146 valence electrons. The lowest BCUT2D eigenvalue weighted by molar-refractivity contribution is -0.116. The maximum atomic E-state index is 12.4. The van der Waals surface area contributed by atoms with Crippen LogP contribution in [-0.2, 0) is 11.3 Å². The molecule has 0 fully saturated rings. The Morgan fingerprint density at radius 3 is 2.55 bits per heavy atom. The summed E-state index contributed by atoms with van der Waals surface area (Å²) in [6.07, 6.45) is 2.07. The van der Waals surface area contributed by atoms with Crippen molar-refractivity contribution >= 4 is 35.1 Å². The van der Waals surface area contributed by atoms with Gasteiger partial charge in [0, 0.05) is 41.4 Å². The lowest BCUT2D eigenvalue weighted by Crippen LogP contribution is -2.15. The second kappa shape index (κ2) is 8.50. The van der Waals surface area contributed by atoms with E-state index in [0.29, 0.717) is 17.7 Å². The topological polar surface area (TPSA) is 75.6 Å². The fourth-order valence-corrected chi connectivity index (χ4v) is 3.82. The van der Waals surface area contributed by atoms with Gasteiger partial charge in [0.2, 0.25) is 5.91 Å². The van der Waals surface area contributed by atoms with E-state index in [4.69, 9.17) is 12.2 Å². The first-order valence-corrected chi connectivity index (χ1v) is 10.4. The number of nitrogens with zero attached hydrogens (tertiary/aromatic N) is 3. The summed E-state index contributed by atoms with van der Waals surface area (Å²) < 4.78 is 2.35. The van der Waals surface area contributed by atoms with Gasteiger partial charge in [-0.05, 0) is 43.4 Å². The molecule has 2 N–H and O–H groups in total. The van der Waals surface area contributed by atoms with E-state index in [-0.39, 0.29) is 5.91 Å². The molecule has 0 unspecified atom stereocenters. The number of carbonyl (C=O) groups is 1. The molecule has 29 heavy (non-hydrogen) atoms. The Kier molecular flexibility index (Phi) is 5.64. The summed E-state index contributed by atoms with van der Waals surface area (Å²) in [7, 11) is 0. The van der Waals surface area contributed by atoms with Gasteiger partial charge in [-0.15, -0.1) is 11.3 Å². The lowest BCUT2D eigenvalue weighted by atomic mass is 10.1. The van der Waals surface area contributed by atoms with Gasteiger partial charge in [-0.2, -0.15) is 5.10 Å². The molecule has 0 radical (unpaired) electrons. The molecule has 0 saturated heterocycles. The maximum Gasteiger partial charge on any atom is 0.226 e. The summed E-state index contributed by atoms with van der Waals surface area (Å²) in [4.78, 5) is 16.7. The highest BCUT2D eigenvalue weighted by Crippen LogP contribution is 2.23. The van der Waals surface area contributed by atoms with Crippen molar-refractivity contribution in [3.05, 3.63) is 70.4 Å². The number of hydrogen-bond donors (Lipinski definition) is 2. The predicted molar refractivity (Wildman–Crippen MR) is 118 cm³/mol. The molecule has 1 amide bonds. The van der Waals surface area contributed by atoms with Gasteiger partial charge in [-0.25, -0.2) is 4.98 Å². The SMILES string of the molecule is Cc1ccc(-c2n[nH]c(=S)n2CCC(=O)Nc2ccc(-c3nccs3)cc2)cc1. The number of carbonyl (C=O) groups excluding carboxylic acids is 1. The van der Waals surface area contributed by atoms with Crippen LogP contribution < -0.4 is 5.32 Å². The third kappa shape index (κ3) is 4.49. The summed E-state index contributed by atoms with van der Waals surface area (Å²) in [5.74, 6) is 0.653. The monoisotopic (exact) mass is 421 g/mol. The number of aromatic nitrogens is 4. The number of hydrogen-bond acceptors (Lipinski definition) is 5.